The first-order chi connectivity index (χ1) is 7.24. The average molecular weight is 206 g/mol. The van der Waals surface area contributed by atoms with E-state index in [1.165, 1.54) is 0 Å². The van der Waals surface area contributed by atoms with Crippen LogP contribution in [0.3, 0.4) is 0 Å². The molecule has 0 atom stereocenters. The van der Waals surface area contributed by atoms with Crippen LogP contribution in [-0.4, -0.2) is 19.7 Å². The van der Waals surface area contributed by atoms with Crippen molar-refractivity contribution in [1.82, 2.24) is 0 Å². The summed E-state index contributed by atoms with van der Waals surface area (Å²) in [6.07, 6.45) is 1.27. The van der Waals surface area contributed by atoms with Crippen LogP contribution in [0.1, 0.15) is 12.0 Å². The largest absolute Gasteiger partial charge is 0.478 e. The Morgan fingerprint density at radius 3 is 3.00 bits per heavy atom. The Kier molecular flexibility index (Phi) is 2.60. The lowest BCUT2D eigenvalue weighted by Gasteiger charge is -2.27. The number of hydrogen-bond donors (Lipinski definition) is 1. The van der Waals surface area contributed by atoms with Gasteiger partial charge in [0.15, 0.2) is 0 Å². The van der Waals surface area contributed by atoms with E-state index in [9.17, 15) is 4.79 Å². The Morgan fingerprint density at radius 1 is 1.47 bits per heavy atom. The van der Waals surface area contributed by atoms with E-state index in [0.717, 1.165) is 23.4 Å². The van der Waals surface area contributed by atoms with Crippen molar-refractivity contribution in [1.29, 1.82) is 0 Å². The average Bonchev–Trinajstić information content (AvgIpc) is 2.25. The fourth-order valence-electron chi connectivity index (χ4n) is 1.88. The quantitative estimate of drug-likeness (QED) is 0.731. The minimum absolute atomic E-state index is 0.146. The molecule has 0 saturated heterocycles. The molecule has 1 aromatic rings. The highest BCUT2D eigenvalue weighted by molar-refractivity contribution is 5.96. The van der Waals surface area contributed by atoms with E-state index < -0.39 is 0 Å². The van der Waals surface area contributed by atoms with Crippen LogP contribution in [0.25, 0.3) is 0 Å². The minimum atomic E-state index is 0.146. The lowest BCUT2D eigenvalue weighted by Crippen LogP contribution is -2.31. The Labute approximate surface area is 88.6 Å². The number of hydrogen-bond acceptors (Lipinski definition) is 3. The molecule has 0 spiro atoms. The summed E-state index contributed by atoms with van der Waals surface area (Å²) in [6, 6.07) is 5.68. The van der Waals surface area contributed by atoms with Crippen LogP contribution >= 0.6 is 0 Å². The first-order valence-corrected chi connectivity index (χ1v) is 4.95. The topological polar surface area (TPSA) is 55.6 Å². The number of benzene rings is 1. The second kappa shape index (κ2) is 3.90. The highest BCUT2D eigenvalue weighted by Crippen LogP contribution is 2.33. The van der Waals surface area contributed by atoms with Gasteiger partial charge in [0.25, 0.3) is 0 Å². The summed E-state index contributed by atoms with van der Waals surface area (Å²) in [5, 5.41) is 0. The molecule has 1 aliphatic heterocycles. The fraction of sp³-hybridized carbons (Fsp3) is 0.364. The molecule has 1 aliphatic rings. The third-order valence-corrected chi connectivity index (χ3v) is 2.67. The van der Waals surface area contributed by atoms with Crippen molar-refractivity contribution in [2.75, 3.05) is 18.7 Å². The Morgan fingerprint density at radius 2 is 2.27 bits per heavy atom. The molecule has 1 amide bonds. The van der Waals surface area contributed by atoms with E-state index in [4.69, 9.17) is 10.5 Å². The van der Waals surface area contributed by atoms with Crippen LogP contribution in [0.2, 0.25) is 0 Å². The van der Waals surface area contributed by atoms with Gasteiger partial charge in [-0.05, 0) is 18.6 Å². The van der Waals surface area contributed by atoms with Crippen molar-refractivity contribution < 1.29 is 9.53 Å². The highest BCUT2D eigenvalue weighted by Gasteiger charge is 2.23. The number of amides is 1. The lowest BCUT2D eigenvalue weighted by molar-refractivity contribution is -0.118. The first kappa shape index (κ1) is 9.98. The zero-order chi connectivity index (χ0) is 10.8. The van der Waals surface area contributed by atoms with Gasteiger partial charge >= 0.3 is 0 Å². The Hall–Kier alpha value is -1.55. The number of fused-ring (bicyclic) bond motifs is 1. The third kappa shape index (κ3) is 1.68. The van der Waals surface area contributed by atoms with Crippen LogP contribution < -0.4 is 15.4 Å². The zero-order valence-electron chi connectivity index (χ0n) is 8.69. The van der Waals surface area contributed by atoms with Crippen molar-refractivity contribution in [3.8, 4) is 5.75 Å². The van der Waals surface area contributed by atoms with Crippen LogP contribution in [0, 0.1) is 0 Å². The number of anilines is 1. The summed E-state index contributed by atoms with van der Waals surface area (Å²) in [4.78, 5) is 13.2. The molecule has 2 rings (SSSR count). The van der Waals surface area contributed by atoms with Gasteiger partial charge in [-0.2, -0.15) is 0 Å². The van der Waals surface area contributed by atoms with Crippen molar-refractivity contribution >= 4 is 11.6 Å². The maximum Gasteiger partial charge on any atom is 0.227 e. The summed E-state index contributed by atoms with van der Waals surface area (Å²) in [7, 11) is 1.78. The standard InChI is InChI=1S/C11H14N2O2/c1-13-9-3-2-4-10(15-7-12)8(9)5-6-11(13)14/h2-4H,5-7,12H2,1H3. The maximum absolute atomic E-state index is 11.5. The normalized spacial score (nSPS) is 15.1. The molecule has 15 heavy (non-hydrogen) atoms. The lowest BCUT2D eigenvalue weighted by atomic mass is 10.0. The van der Waals surface area contributed by atoms with Gasteiger partial charge in [-0.15, -0.1) is 0 Å². The Bertz CT molecular complexity index is 390. The molecular weight excluding hydrogens is 192 g/mol. The molecule has 0 aromatic heterocycles. The maximum atomic E-state index is 11.5. The number of ether oxygens (including phenoxy) is 1. The summed E-state index contributed by atoms with van der Waals surface area (Å²) >= 11 is 0. The zero-order valence-corrected chi connectivity index (χ0v) is 8.69. The monoisotopic (exact) mass is 206 g/mol. The number of nitrogens with two attached hydrogens (primary N) is 1. The second-order valence-electron chi connectivity index (χ2n) is 3.52. The molecule has 0 radical (unpaired) electrons. The van der Waals surface area contributed by atoms with Crippen LogP contribution in [-0.2, 0) is 11.2 Å². The molecule has 2 N–H and O–H groups in total. The van der Waals surface area contributed by atoms with Crippen LogP contribution in [0.15, 0.2) is 18.2 Å². The summed E-state index contributed by atoms with van der Waals surface area (Å²) in [5.41, 5.74) is 7.35. The number of carbonyl (C=O) groups is 1. The highest BCUT2D eigenvalue weighted by atomic mass is 16.5. The van der Waals surface area contributed by atoms with Gasteiger partial charge in [0, 0.05) is 19.0 Å². The van der Waals surface area contributed by atoms with E-state index in [1.54, 1.807) is 11.9 Å². The Balaban J connectivity index is 2.43. The predicted octanol–water partition coefficient (Wildman–Crippen LogP) is 0.891. The summed E-state index contributed by atoms with van der Waals surface area (Å²) in [5.74, 6) is 0.932. The molecule has 1 aromatic carbocycles. The second-order valence-corrected chi connectivity index (χ2v) is 3.52. The van der Waals surface area contributed by atoms with Crippen molar-refractivity contribution in [2.24, 2.45) is 5.73 Å². The molecule has 4 nitrogen and oxygen atoms in total. The van der Waals surface area contributed by atoms with Crippen molar-refractivity contribution in [2.45, 2.75) is 12.8 Å². The molecular formula is C11H14N2O2. The molecule has 0 aliphatic carbocycles. The number of nitrogens with zero attached hydrogens (tertiary/aromatic N) is 1. The van der Waals surface area contributed by atoms with Gasteiger partial charge in [0.2, 0.25) is 5.91 Å². The molecule has 0 fully saturated rings. The molecule has 4 heteroatoms. The predicted molar refractivity (Wildman–Crippen MR) is 57.9 cm³/mol. The molecule has 1 heterocycles. The van der Waals surface area contributed by atoms with Gasteiger partial charge in [0.1, 0.15) is 12.5 Å². The van der Waals surface area contributed by atoms with E-state index >= 15 is 0 Å². The summed E-state index contributed by atoms with van der Waals surface area (Å²) < 4.78 is 5.33. The van der Waals surface area contributed by atoms with Gasteiger partial charge in [-0.3, -0.25) is 10.5 Å². The van der Waals surface area contributed by atoms with Crippen LogP contribution in [0.5, 0.6) is 5.75 Å². The molecule has 0 unspecified atom stereocenters. The van der Waals surface area contributed by atoms with E-state index in [2.05, 4.69) is 0 Å². The fourth-order valence-corrected chi connectivity index (χ4v) is 1.88. The SMILES string of the molecule is CN1C(=O)CCc2c(OCN)cccc21. The van der Waals surface area contributed by atoms with Gasteiger partial charge in [-0.25, -0.2) is 0 Å². The summed E-state index contributed by atoms with van der Waals surface area (Å²) in [6.45, 7) is 0.161. The number of carbonyl (C=O) groups excluding carboxylic acids is 1. The van der Waals surface area contributed by atoms with Crippen LogP contribution in [0.4, 0.5) is 5.69 Å². The molecule has 80 valence electrons. The first-order valence-electron chi connectivity index (χ1n) is 4.95. The van der Waals surface area contributed by atoms with E-state index in [0.29, 0.717) is 6.42 Å². The smallest absolute Gasteiger partial charge is 0.227 e. The molecule has 0 bridgehead atoms. The van der Waals surface area contributed by atoms with Crippen molar-refractivity contribution in [3.05, 3.63) is 23.8 Å². The van der Waals surface area contributed by atoms with Gasteiger partial charge in [-0.1, -0.05) is 6.07 Å². The number of rotatable bonds is 2. The van der Waals surface area contributed by atoms with Gasteiger partial charge < -0.3 is 9.64 Å². The van der Waals surface area contributed by atoms with Gasteiger partial charge in [0.05, 0.1) is 5.69 Å². The molecule has 0 saturated carbocycles. The third-order valence-electron chi connectivity index (χ3n) is 2.67. The van der Waals surface area contributed by atoms with E-state index in [-0.39, 0.29) is 12.6 Å². The van der Waals surface area contributed by atoms with Crippen molar-refractivity contribution in [3.63, 3.8) is 0 Å². The van der Waals surface area contributed by atoms with E-state index in [1.807, 2.05) is 18.2 Å². The minimum Gasteiger partial charge on any atom is -0.478 e.